The first-order valence-electron chi connectivity index (χ1n) is 11.1. The van der Waals surface area contributed by atoms with Gasteiger partial charge in [-0.05, 0) is 55.7 Å². The predicted molar refractivity (Wildman–Crippen MR) is 145 cm³/mol. The van der Waals surface area contributed by atoms with E-state index in [0.717, 1.165) is 30.4 Å². The molecular weight excluding hydrogens is 654 g/mol. The Balaban J connectivity index is 0.000000509. The van der Waals surface area contributed by atoms with Gasteiger partial charge < -0.3 is 10.6 Å². The van der Waals surface area contributed by atoms with Gasteiger partial charge in [0.2, 0.25) is 6.41 Å². The normalized spacial score (nSPS) is 13.3. The average molecular weight is 676 g/mol. The van der Waals surface area contributed by atoms with Crippen molar-refractivity contribution in [3.63, 3.8) is 0 Å². The lowest BCUT2D eigenvalue weighted by molar-refractivity contribution is -0.139. The number of allylic oxidation sites excluding steroid dienone is 1. The van der Waals surface area contributed by atoms with Crippen molar-refractivity contribution in [3.05, 3.63) is 73.7 Å². The number of carbonyl (C=O) groups is 1. The van der Waals surface area contributed by atoms with E-state index in [1.54, 1.807) is 0 Å². The van der Waals surface area contributed by atoms with E-state index in [0.29, 0.717) is 6.41 Å². The second-order valence-corrected chi connectivity index (χ2v) is 10.5. The van der Waals surface area contributed by atoms with Gasteiger partial charge in [-0.3, -0.25) is 4.79 Å². The Morgan fingerprint density at radius 3 is 1.93 bits per heavy atom. The molecule has 228 valence electrons. The Morgan fingerprint density at radius 1 is 0.951 bits per heavy atom. The van der Waals surface area contributed by atoms with Gasteiger partial charge in [0, 0.05) is 0 Å². The summed E-state index contributed by atoms with van der Waals surface area (Å²) < 4.78 is 115. The number of rotatable bonds is 7. The molecule has 0 heterocycles. The molecule has 1 atom stereocenters. The number of carbonyl (C=O) groups excluding carboxylic acids is 1. The zero-order valence-electron chi connectivity index (χ0n) is 21.3. The van der Waals surface area contributed by atoms with E-state index in [9.17, 15) is 44.3 Å². The van der Waals surface area contributed by atoms with Gasteiger partial charge in [0.05, 0.1) is 32.1 Å². The van der Waals surface area contributed by atoms with Crippen LogP contribution in [-0.2, 0) is 11.0 Å². The molecule has 0 saturated heterocycles. The van der Waals surface area contributed by atoms with Gasteiger partial charge in [0.1, 0.15) is 11.5 Å². The van der Waals surface area contributed by atoms with Gasteiger partial charge in [-0.1, -0.05) is 71.3 Å². The first-order valence-corrected chi connectivity index (χ1v) is 12.7. The second kappa shape index (κ2) is 14.3. The summed E-state index contributed by atoms with van der Waals surface area (Å²) in [5.74, 6) is -2.12. The summed E-state index contributed by atoms with van der Waals surface area (Å²) >= 11 is 22.0. The largest absolute Gasteiger partial charge is 0.416 e. The smallest absolute Gasteiger partial charge is 0.369 e. The highest BCUT2D eigenvalue weighted by atomic mass is 35.5. The van der Waals surface area contributed by atoms with Gasteiger partial charge in [-0.2, -0.15) is 39.5 Å². The van der Waals surface area contributed by atoms with Gasteiger partial charge >= 0.3 is 18.5 Å². The minimum absolute atomic E-state index is 0.0201. The third-order valence-electron chi connectivity index (χ3n) is 5.20. The first kappa shape index (κ1) is 36.8. The minimum Gasteiger partial charge on any atom is -0.369 e. The van der Waals surface area contributed by atoms with E-state index in [1.165, 1.54) is 32.9 Å². The highest BCUT2D eigenvalue weighted by Crippen LogP contribution is 2.41. The van der Waals surface area contributed by atoms with Crippen LogP contribution in [0.2, 0.25) is 15.1 Å². The number of nitrogens with one attached hydrogen (secondary N) is 2. The third kappa shape index (κ3) is 11.9. The number of hydrogen-bond donors (Lipinski definition) is 2. The van der Waals surface area contributed by atoms with Crippen LogP contribution in [-0.4, -0.2) is 35.8 Å². The van der Waals surface area contributed by atoms with Crippen LogP contribution in [0.15, 0.2) is 36.4 Å². The van der Waals surface area contributed by atoms with Crippen LogP contribution in [0.4, 0.5) is 39.5 Å². The molecule has 0 radical (unpaired) electrons. The molecule has 2 N–H and O–H groups in total. The summed E-state index contributed by atoms with van der Waals surface area (Å²) in [6, 6.07) is 5.33. The maximum absolute atomic E-state index is 13.5. The number of hydrogen-bond acceptors (Lipinski definition) is 2. The second-order valence-electron chi connectivity index (χ2n) is 8.93. The fourth-order valence-corrected chi connectivity index (χ4v) is 3.78. The molecule has 0 saturated carbocycles. The van der Waals surface area contributed by atoms with Gasteiger partial charge in [0.25, 0.3) is 0 Å². The molecule has 0 fully saturated rings. The molecule has 41 heavy (non-hydrogen) atoms. The first-order chi connectivity index (χ1) is 18.5. The summed E-state index contributed by atoms with van der Waals surface area (Å²) in [6.07, 6.45) is -11.5. The standard InChI is InChI=1S/C18H11Cl3F6.C7H11F3N2OS/c1-9-2-3-10(6-13(9)18(25,26)27)4-5-12(17(22,23)24)11-7-14(19)16(21)15(20)8-11;1-6(2,12-4-13)5(14)11-3-7(8,9)10/h2-8,12H,1H3;4H,3H2,1-2H3,(H,11,14)(H,12,13)/b5-4+;. The highest BCUT2D eigenvalue weighted by Gasteiger charge is 2.39. The lowest BCUT2D eigenvalue weighted by Crippen LogP contribution is -2.52. The molecule has 16 heteroatoms. The number of benzene rings is 2. The van der Waals surface area contributed by atoms with Crippen LogP contribution < -0.4 is 10.6 Å². The average Bonchev–Trinajstić information content (AvgIpc) is 2.80. The van der Waals surface area contributed by atoms with Crippen molar-refractivity contribution in [2.45, 2.75) is 50.8 Å². The van der Waals surface area contributed by atoms with E-state index in [4.69, 9.17) is 47.0 Å². The van der Waals surface area contributed by atoms with E-state index < -0.39 is 42.1 Å². The molecular formula is C25H22Cl3F9N2OS. The van der Waals surface area contributed by atoms with E-state index in [1.807, 2.05) is 5.32 Å². The van der Waals surface area contributed by atoms with Crippen molar-refractivity contribution in [1.29, 1.82) is 0 Å². The van der Waals surface area contributed by atoms with Crippen LogP contribution in [0.1, 0.15) is 42.0 Å². The Morgan fingerprint density at radius 2 is 1.49 bits per heavy atom. The summed E-state index contributed by atoms with van der Waals surface area (Å²) in [5, 5.41) is 3.94. The van der Waals surface area contributed by atoms with Crippen LogP contribution in [0.3, 0.4) is 0 Å². The molecule has 0 bridgehead atoms. The van der Waals surface area contributed by atoms with Crippen LogP contribution in [0.25, 0.3) is 6.08 Å². The van der Waals surface area contributed by atoms with Crippen molar-refractivity contribution in [3.8, 4) is 0 Å². The van der Waals surface area contributed by atoms with Crippen molar-refractivity contribution in [2.24, 2.45) is 0 Å². The maximum atomic E-state index is 13.5. The summed E-state index contributed by atoms with van der Waals surface area (Å²) in [7, 11) is 0. The molecule has 1 amide bonds. The quantitative estimate of drug-likeness (QED) is 0.133. The maximum Gasteiger partial charge on any atom is 0.416 e. The Labute approximate surface area is 250 Å². The molecule has 0 aliphatic rings. The number of aryl methyl sites for hydroxylation is 1. The Bertz CT molecular complexity index is 1240. The summed E-state index contributed by atoms with van der Waals surface area (Å²) in [5.41, 5.74) is -2.20. The van der Waals surface area contributed by atoms with Crippen molar-refractivity contribution < 1.29 is 44.3 Å². The Kier molecular flexibility index (Phi) is 12.8. The third-order valence-corrected chi connectivity index (χ3v) is 7.05. The number of amides is 1. The molecule has 3 nitrogen and oxygen atoms in total. The number of alkyl halides is 9. The number of thiocarbonyl (C=S) groups is 1. The molecule has 2 rings (SSSR count). The minimum atomic E-state index is -4.71. The van der Waals surface area contributed by atoms with E-state index in [2.05, 4.69) is 5.32 Å². The van der Waals surface area contributed by atoms with Crippen molar-refractivity contribution in [2.75, 3.05) is 6.54 Å². The van der Waals surface area contributed by atoms with E-state index >= 15 is 0 Å². The van der Waals surface area contributed by atoms with Crippen LogP contribution >= 0.6 is 47.0 Å². The SMILES string of the molecule is CC(C)(NC=O)C(=S)NCC(F)(F)F.Cc1ccc(/C=C/C(c2cc(Cl)c(Cl)c(Cl)c2)C(F)(F)F)cc1C(F)(F)F. The van der Waals surface area contributed by atoms with Gasteiger partial charge in [0.15, 0.2) is 0 Å². The Hall–Kier alpha value is -2.22. The molecule has 0 spiro atoms. The zero-order chi connectivity index (χ0) is 32.0. The predicted octanol–water partition coefficient (Wildman–Crippen LogP) is 9.32. The van der Waals surface area contributed by atoms with Crippen molar-refractivity contribution in [1.82, 2.24) is 10.6 Å². The fraction of sp³-hybridized carbons (Fsp3) is 0.360. The molecule has 2 aromatic rings. The van der Waals surface area contributed by atoms with E-state index in [-0.39, 0.29) is 36.7 Å². The van der Waals surface area contributed by atoms with Crippen molar-refractivity contribution >= 4 is 64.5 Å². The lowest BCUT2D eigenvalue weighted by atomic mass is 9.96. The summed E-state index contributed by atoms with van der Waals surface area (Å²) in [6.45, 7) is 3.09. The van der Waals surface area contributed by atoms with Gasteiger partial charge in [-0.15, -0.1) is 0 Å². The molecule has 2 aromatic carbocycles. The lowest BCUT2D eigenvalue weighted by Gasteiger charge is -2.26. The highest BCUT2D eigenvalue weighted by molar-refractivity contribution is 7.80. The number of halogens is 12. The summed E-state index contributed by atoms with van der Waals surface area (Å²) in [4.78, 5) is 10.1. The fourth-order valence-electron chi connectivity index (χ4n) is 3.03. The molecule has 0 aliphatic carbocycles. The van der Waals surface area contributed by atoms with Crippen LogP contribution in [0, 0.1) is 6.92 Å². The topological polar surface area (TPSA) is 41.1 Å². The molecule has 0 aliphatic heterocycles. The van der Waals surface area contributed by atoms with Gasteiger partial charge in [-0.25, -0.2) is 0 Å². The van der Waals surface area contributed by atoms with Crippen LogP contribution in [0.5, 0.6) is 0 Å². The molecule has 1 unspecified atom stereocenters. The zero-order valence-corrected chi connectivity index (χ0v) is 24.3. The molecule has 0 aromatic heterocycles. The monoisotopic (exact) mass is 674 g/mol.